The van der Waals surface area contributed by atoms with E-state index in [1.807, 2.05) is 19.3 Å². The molecule has 0 N–H and O–H groups in total. The van der Waals surface area contributed by atoms with Crippen LogP contribution in [-0.4, -0.2) is 47.2 Å². The summed E-state index contributed by atoms with van der Waals surface area (Å²) in [6.45, 7) is 4.33. The fourth-order valence-electron chi connectivity index (χ4n) is 3.95. The first-order valence-electron chi connectivity index (χ1n) is 9.52. The van der Waals surface area contributed by atoms with Crippen molar-refractivity contribution in [2.45, 2.75) is 38.1 Å². The minimum atomic E-state index is -0.309. The lowest BCUT2D eigenvalue weighted by molar-refractivity contribution is -0.188. The molecule has 28 heavy (non-hydrogen) atoms. The molecule has 2 aromatic rings. The molecule has 2 fully saturated rings. The van der Waals surface area contributed by atoms with Crippen LogP contribution in [0.1, 0.15) is 39.9 Å². The fourth-order valence-corrected chi connectivity index (χ4v) is 3.95. The number of rotatable bonds is 4. The summed E-state index contributed by atoms with van der Waals surface area (Å²) in [5.74, 6) is -0.0554. The molecule has 2 aliphatic rings. The van der Waals surface area contributed by atoms with E-state index in [0.29, 0.717) is 37.4 Å². The zero-order valence-corrected chi connectivity index (χ0v) is 15.9. The van der Waals surface area contributed by atoms with E-state index in [0.717, 1.165) is 24.0 Å². The predicted octanol–water partition coefficient (Wildman–Crippen LogP) is 2.85. The number of hydrogen-bond acceptors (Lipinski definition) is 5. The Morgan fingerprint density at radius 2 is 2.25 bits per heavy atom. The smallest absolute Gasteiger partial charge is 0.254 e. The second-order valence-corrected chi connectivity index (χ2v) is 7.68. The van der Waals surface area contributed by atoms with E-state index in [9.17, 15) is 4.79 Å². The van der Waals surface area contributed by atoms with Crippen LogP contribution < -0.4 is 0 Å². The Labute approximate surface area is 164 Å². The van der Waals surface area contributed by atoms with E-state index >= 15 is 0 Å². The van der Waals surface area contributed by atoms with E-state index in [-0.39, 0.29) is 17.6 Å². The van der Waals surface area contributed by atoms with Gasteiger partial charge in [-0.3, -0.25) is 9.78 Å². The van der Waals surface area contributed by atoms with Gasteiger partial charge in [0.1, 0.15) is 5.60 Å². The molecule has 0 saturated carbocycles. The standard InChI is InChI=1S/C22H23N3O3/c1-16-7-18(12-24-11-16)13-27-20-5-6-28-22(9-20)14-25(15-22)21(26)19-4-2-3-17(8-19)10-23/h2-4,7-8,11-12,20H,5-6,9,13-15H2,1H3/t20-/m0/s1. The topological polar surface area (TPSA) is 75.5 Å². The fraction of sp³-hybridized carbons (Fsp3) is 0.409. The molecule has 4 rings (SSSR count). The highest BCUT2D eigenvalue weighted by Gasteiger charge is 2.49. The van der Waals surface area contributed by atoms with Crippen LogP contribution in [0.3, 0.4) is 0 Å². The van der Waals surface area contributed by atoms with Gasteiger partial charge in [-0.1, -0.05) is 12.1 Å². The number of hydrogen-bond donors (Lipinski definition) is 0. The molecule has 1 atom stereocenters. The van der Waals surface area contributed by atoms with Crippen LogP contribution in [0.15, 0.2) is 42.7 Å². The monoisotopic (exact) mass is 377 g/mol. The second-order valence-electron chi connectivity index (χ2n) is 7.68. The van der Waals surface area contributed by atoms with Crippen molar-refractivity contribution in [2.24, 2.45) is 0 Å². The molecule has 3 heterocycles. The van der Waals surface area contributed by atoms with Gasteiger partial charge >= 0.3 is 0 Å². The Morgan fingerprint density at radius 1 is 1.39 bits per heavy atom. The summed E-state index contributed by atoms with van der Waals surface area (Å²) in [5, 5.41) is 9.02. The van der Waals surface area contributed by atoms with Crippen LogP contribution in [0.25, 0.3) is 0 Å². The molecule has 2 aliphatic heterocycles. The van der Waals surface area contributed by atoms with Gasteiger partial charge in [0.05, 0.1) is 37.4 Å². The minimum absolute atomic E-state index is 0.0554. The number of likely N-dealkylation sites (tertiary alicyclic amines) is 1. The number of aryl methyl sites for hydroxylation is 1. The highest BCUT2D eigenvalue weighted by atomic mass is 16.5. The Bertz CT molecular complexity index is 915. The minimum Gasteiger partial charge on any atom is -0.373 e. The number of carbonyl (C=O) groups excluding carboxylic acids is 1. The normalized spacial score (nSPS) is 20.4. The van der Waals surface area contributed by atoms with Crippen molar-refractivity contribution < 1.29 is 14.3 Å². The molecule has 6 heteroatoms. The lowest BCUT2D eigenvalue weighted by Crippen LogP contribution is -2.67. The van der Waals surface area contributed by atoms with Crippen LogP contribution in [0, 0.1) is 18.3 Å². The maximum atomic E-state index is 12.7. The van der Waals surface area contributed by atoms with Crippen molar-refractivity contribution in [1.82, 2.24) is 9.88 Å². The van der Waals surface area contributed by atoms with Crippen LogP contribution in [0.5, 0.6) is 0 Å². The highest BCUT2D eigenvalue weighted by molar-refractivity contribution is 5.95. The van der Waals surface area contributed by atoms with E-state index in [4.69, 9.17) is 14.7 Å². The Morgan fingerprint density at radius 3 is 3.04 bits per heavy atom. The van der Waals surface area contributed by atoms with E-state index in [1.54, 1.807) is 29.2 Å². The van der Waals surface area contributed by atoms with Gasteiger partial charge < -0.3 is 14.4 Å². The largest absolute Gasteiger partial charge is 0.373 e. The molecular formula is C22H23N3O3. The Balaban J connectivity index is 1.33. The van der Waals surface area contributed by atoms with E-state index < -0.39 is 0 Å². The molecule has 1 amide bonds. The highest BCUT2D eigenvalue weighted by Crippen LogP contribution is 2.36. The van der Waals surface area contributed by atoms with Crippen molar-refractivity contribution in [3.05, 3.63) is 65.0 Å². The predicted molar refractivity (Wildman–Crippen MR) is 103 cm³/mol. The number of nitriles is 1. The average Bonchev–Trinajstić information content (AvgIpc) is 2.70. The summed E-state index contributed by atoms with van der Waals surface area (Å²) in [6, 6.07) is 11.0. The summed E-state index contributed by atoms with van der Waals surface area (Å²) in [6.07, 6.45) is 5.43. The SMILES string of the molecule is Cc1cncc(CO[C@H]2CCOC3(C2)CN(C(=O)c2cccc(C#N)c2)C3)c1. The lowest BCUT2D eigenvalue weighted by Gasteiger charge is -2.53. The molecule has 6 nitrogen and oxygen atoms in total. The number of aromatic nitrogens is 1. The molecule has 2 saturated heterocycles. The van der Waals surface area contributed by atoms with Gasteiger partial charge in [-0.05, 0) is 42.7 Å². The van der Waals surface area contributed by atoms with E-state index in [2.05, 4.69) is 17.1 Å². The van der Waals surface area contributed by atoms with E-state index in [1.165, 1.54) is 0 Å². The van der Waals surface area contributed by atoms with Crippen LogP contribution >= 0.6 is 0 Å². The summed E-state index contributed by atoms with van der Waals surface area (Å²) in [5.41, 5.74) is 2.93. The van der Waals surface area contributed by atoms with Crippen molar-refractivity contribution in [3.8, 4) is 6.07 Å². The molecule has 1 aromatic heterocycles. The molecule has 0 aliphatic carbocycles. The first kappa shape index (κ1) is 18.6. The van der Waals surface area contributed by atoms with Crippen molar-refractivity contribution >= 4 is 5.91 Å². The first-order chi connectivity index (χ1) is 13.6. The van der Waals surface area contributed by atoms with Crippen molar-refractivity contribution in [1.29, 1.82) is 5.26 Å². The molecular weight excluding hydrogens is 354 g/mol. The first-order valence-corrected chi connectivity index (χ1v) is 9.52. The Hall–Kier alpha value is -2.75. The zero-order chi connectivity index (χ0) is 19.6. The van der Waals surface area contributed by atoms with Gasteiger partial charge in [0.2, 0.25) is 0 Å². The van der Waals surface area contributed by atoms with Gasteiger partial charge in [0.25, 0.3) is 5.91 Å². The number of amides is 1. The third-order valence-electron chi connectivity index (χ3n) is 5.35. The quantitative estimate of drug-likeness (QED) is 0.819. The molecule has 0 unspecified atom stereocenters. The lowest BCUT2D eigenvalue weighted by atomic mass is 9.84. The summed E-state index contributed by atoms with van der Waals surface area (Å²) in [4.78, 5) is 18.7. The Kier molecular flexibility index (Phi) is 5.12. The second kappa shape index (κ2) is 7.70. The molecule has 1 spiro atoms. The number of benzene rings is 1. The number of nitrogens with zero attached hydrogens (tertiary/aromatic N) is 3. The zero-order valence-electron chi connectivity index (χ0n) is 15.9. The maximum Gasteiger partial charge on any atom is 0.254 e. The maximum absolute atomic E-state index is 12.7. The summed E-state index contributed by atoms with van der Waals surface area (Å²) < 4.78 is 12.1. The molecule has 144 valence electrons. The number of ether oxygens (including phenoxy) is 2. The van der Waals surface area contributed by atoms with Gasteiger partial charge in [-0.2, -0.15) is 5.26 Å². The summed E-state index contributed by atoms with van der Waals surface area (Å²) in [7, 11) is 0. The van der Waals surface area contributed by atoms with Crippen molar-refractivity contribution in [3.63, 3.8) is 0 Å². The number of pyridine rings is 1. The number of carbonyl (C=O) groups is 1. The summed E-state index contributed by atoms with van der Waals surface area (Å²) >= 11 is 0. The van der Waals surface area contributed by atoms with Gasteiger partial charge in [-0.15, -0.1) is 0 Å². The molecule has 0 bridgehead atoms. The van der Waals surface area contributed by atoms with Crippen LogP contribution in [0.4, 0.5) is 0 Å². The third-order valence-corrected chi connectivity index (χ3v) is 5.35. The van der Waals surface area contributed by atoms with Gasteiger partial charge in [0.15, 0.2) is 0 Å². The molecule has 0 radical (unpaired) electrons. The van der Waals surface area contributed by atoms with Gasteiger partial charge in [0, 0.05) is 31.0 Å². The van der Waals surface area contributed by atoms with Crippen LogP contribution in [-0.2, 0) is 16.1 Å². The van der Waals surface area contributed by atoms with Crippen molar-refractivity contribution in [2.75, 3.05) is 19.7 Å². The third kappa shape index (κ3) is 3.91. The van der Waals surface area contributed by atoms with Crippen LogP contribution in [0.2, 0.25) is 0 Å². The molecule has 1 aromatic carbocycles. The van der Waals surface area contributed by atoms with Gasteiger partial charge in [-0.25, -0.2) is 0 Å². The average molecular weight is 377 g/mol.